The average Bonchev–Trinajstić information content (AvgIpc) is 2.61. The van der Waals surface area contributed by atoms with E-state index >= 15 is 0 Å². The maximum absolute atomic E-state index is 11.8. The number of halogens is 3. The number of rotatable bonds is 5. The lowest BCUT2D eigenvalue weighted by Crippen LogP contribution is -2.29. The molecular weight excluding hydrogens is 369 g/mol. The standard InChI is InChI=1S/C14H16N4O2.C2HF3O2/c1-18-13(19)5-4-12(17-18)14(20)16-8-2-3-11-6-9-15-10-7-11;3-2(4,5)1(6)7/h4-7,9-10H,2-3,8H2,1H3,(H,16,20);(H,6,7). The van der Waals surface area contributed by atoms with Crippen LogP contribution < -0.4 is 10.9 Å². The molecule has 0 atom stereocenters. The molecule has 0 radical (unpaired) electrons. The quantitative estimate of drug-likeness (QED) is 0.746. The highest BCUT2D eigenvalue weighted by molar-refractivity contribution is 5.91. The molecule has 2 N–H and O–H groups in total. The summed E-state index contributed by atoms with van der Waals surface area (Å²) < 4.78 is 32.9. The molecule has 0 aliphatic carbocycles. The van der Waals surface area contributed by atoms with E-state index in [2.05, 4.69) is 15.4 Å². The molecule has 2 rings (SSSR count). The number of nitrogens with one attached hydrogen (secondary N) is 1. The number of nitrogens with zero attached hydrogens (tertiary/aromatic N) is 3. The maximum Gasteiger partial charge on any atom is 0.490 e. The molecule has 146 valence electrons. The lowest BCUT2D eigenvalue weighted by molar-refractivity contribution is -0.192. The fraction of sp³-hybridized carbons (Fsp3) is 0.312. The molecule has 11 heteroatoms. The van der Waals surface area contributed by atoms with Crippen molar-refractivity contribution in [3.8, 4) is 0 Å². The van der Waals surface area contributed by atoms with Gasteiger partial charge in [-0.2, -0.15) is 18.3 Å². The van der Waals surface area contributed by atoms with Crippen LogP contribution in [0.2, 0.25) is 0 Å². The largest absolute Gasteiger partial charge is 0.490 e. The number of carboxylic acids is 1. The number of hydrogen-bond donors (Lipinski definition) is 2. The van der Waals surface area contributed by atoms with Crippen molar-refractivity contribution < 1.29 is 27.9 Å². The van der Waals surface area contributed by atoms with E-state index in [1.807, 2.05) is 12.1 Å². The van der Waals surface area contributed by atoms with Gasteiger partial charge < -0.3 is 10.4 Å². The molecule has 0 fully saturated rings. The van der Waals surface area contributed by atoms with Crippen LogP contribution in [0.1, 0.15) is 22.5 Å². The molecule has 0 aliphatic rings. The monoisotopic (exact) mass is 386 g/mol. The SMILES string of the molecule is Cn1nc(C(=O)NCCCc2ccncc2)ccc1=O.O=C(O)C(F)(F)F. The van der Waals surface area contributed by atoms with Crippen LogP contribution in [0.5, 0.6) is 0 Å². The van der Waals surface area contributed by atoms with Crippen LogP contribution in [0.25, 0.3) is 0 Å². The van der Waals surface area contributed by atoms with Crippen molar-refractivity contribution in [1.29, 1.82) is 0 Å². The lowest BCUT2D eigenvalue weighted by atomic mass is 10.1. The Balaban J connectivity index is 0.000000445. The Labute approximate surface area is 151 Å². The van der Waals surface area contributed by atoms with E-state index in [-0.39, 0.29) is 17.2 Å². The Hall–Kier alpha value is -3.24. The van der Waals surface area contributed by atoms with Gasteiger partial charge in [0.15, 0.2) is 0 Å². The van der Waals surface area contributed by atoms with E-state index < -0.39 is 12.1 Å². The number of aromatic nitrogens is 3. The van der Waals surface area contributed by atoms with E-state index in [9.17, 15) is 22.8 Å². The second-order valence-electron chi connectivity index (χ2n) is 5.20. The van der Waals surface area contributed by atoms with Crippen molar-refractivity contribution in [1.82, 2.24) is 20.1 Å². The molecule has 0 unspecified atom stereocenters. The minimum Gasteiger partial charge on any atom is -0.475 e. The Morgan fingerprint density at radius 3 is 2.30 bits per heavy atom. The van der Waals surface area contributed by atoms with Crippen LogP contribution >= 0.6 is 0 Å². The molecule has 27 heavy (non-hydrogen) atoms. The summed E-state index contributed by atoms with van der Waals surface area (Å²) in [5.74, 6) is -3.03. The summed E-state index contributed by atoms with van der Waals surface area (Å²) in [5.41, 5.74) is 1.20. The van der Waals surface area contributed by atoms with Crippen molar-refractivity contribution in [3.05, 3.63) is 58.3 Å². The number of carbonyl (C=O) groups excluding carboxylic acids is 1. The van der Waals surface area contributed by atoms with Crippen molar-refractivity contribution >= 4 is 11.9 Å². The third-order valence-electron chi connectivity index (χ3n) is 3.11. The highest BCUT2D eigenvalue weighted by atomic mass is 19.4. The number of pyridine rings is 1. The molecule has 2 aromatic heterocycles. The number of carboxylic acid groups (broad SMARTS) is 1. The molecule has 0 bridgehead atoms. The zero-order valence-corrected chi connectivity index (χ0v) is 14.2. The summed E-state index contributed by atoms with van der Waals surface area (Å²) in [6.45, 7) is 0.561. The molecule has 2 heterocycles. The second kappa shape index (κ2) is 10.0. The number of aliphatic carboxylic acids is 1. The number of carbonyl (C=O) groups is 2. The first-order chi connectivity index (χ1) is 12.6. The van der Waals surface area contributed by atoms with Gasteiger partial charge in [0.05, 0.1) is 0 Å². The number of amides is 1. The summed E-state index contributed by atoms with van der Waals surface area (Å²) in [4.78, 5) is 35.8. The second-order valence-corrected chi connectivity index (χ2v) is 5.20. The topological polar surface area (TPSA) is 114 Å². The minimum absolute atomic E-state index is 0.237. The normalized spacial score (nSPS) is 10.5. The van der Waals surface area contributed by atoms with E-state index in [1.54, 1.807) is 12.4 Å². The first-order valence-corrected chi connectivity index (χ1v) is 7.63. The van der Waals surface area contributed by atoms with Gasteiger partial charge in [0, 0.05) is 32.1 Å². The summed E-state index contributed by atoms with van der Waals surface area (Å²) >= 11 is 0. The van der Waals surface area contributed by atoms with Crippen LogP contribution in [0.3, 0.4) is 0 Å². The van der Waals surface area contributed by atoms with E-state index in [0.717, 1.165) is 17.5 Å². The Morgan fingerprint density at radius 2 is 1.78 bits per heavy atom. The number of hydrogen-bond acceptors (Lipinski definition) is 5. The third-order valence-corrected chi connectivity index (χ3v) is 3.11. The van der Waals surface area contributed by atoms with E-state index in [1.165, 1.54) is 24.7 Å². The van der Waals surface area contributed by atoms with Crippen LogP contribution in [0, 0.1) is 0 Å². The maximum atomic E-state index is 11.8. The summed E-state index contributed by atoms with van der Waals surface area (Å²) in [5, 5.41) is 13.8. The molecule has 0 aliphatic heterocycles. The average molecular weight is 386 g/mol. The van der Waals surface area contributed by atoms with Gasteiger partial charge in [0.1, 0.15) is 5.69 Å². The molecule has 0 saturated heterocycles. The highest BCUT2D eigenvalue weighted by Crippen LogP contribution is 2.13. The predicted octanol–water partition coefficient (Wildman–Crippen LogP) is 1.17. The van der Waals surface area contributed by atoms with Crippen molar-refractivity contribution in [2.24, 2.45) is 7.05 Å². The van der Waals surface area contributed by atoms with Gasteiger partial charge in [-0.3, -0.25) is 14.6 Å². The zero-order valence-electron chi connectivity index (χ0n) is 14.2. The fourth-order valence-electron chi connectivity index (χ4n) is 1.76. The molecule has 0 aromatic carbocycles. The van der Waals surface area contributed by atoms with Crippen LogP contribution in [0.15, 0.2) is 41.5 Å². The molecule has 0 spiro atoms. The van der Waals surface area contributed by atoms with Crippen LogP contribution in [-0.4, -0.2) is 44.5 Å². The molecule has 2 aromatic rings. The third kappa shape index (κ3) is 8.12. The summed E-state index contributed by atoms with van der Waals surface area (Å²) in [6.07, 6.45) is 0.135. The number of alkyl halides is 3. The number of aryl methyl sites for hydroxylation is 2. The minimum atomic E-state index is -5.08. The molecular formula is C16H17F3N4O4. The fourth-order valence-corrected chi connectivity index (χ4v) is 1.76. The van der Waals surface area contributed by atoms with Crippen molar-refractivity contribution in [2.75, 3.05) is 6.54 Å². The van der Waals surface area contributed by atoms with Crippen molar-refractivity contribution in [2.45, 2.75) is 19.0 Å². The summed E-state index contributed by atoms with van der Waals surface area (Å²) in [6, 6.07) is 6.67. The van der Waals surface area contributed by atoms with Gasteiger partial charge in [-0.25, -0.2) is 9.48 Å². The first-order valence-electron chi connectivity index (χ1n) is 7.63. The van der Waals surface area contributed by atoms with Gasteiger partial charge in [0.25, 0.3) is 11.5 Å². The summed E-state index contributed by atoms with van der Waals surface area (Å²) in [7, 11) is 1.52. The van der Waals surface area contributed by atoms with Crippen LogP contribution in [-0.2, 0) is 18.3 Å². The van der Waals surface area contributed by atoms with Gasteiger partial charge in [0.2, 0.25) is 0 Å². The van der Waals surface area contributed by atoms with E-state index in [0.29, 0.717) is 6.54 Å². The van der Waals surface area contributed by atoms with Gasteiger partial charge in [-0.15, -0.1) is 0 Å². The lowest BCUT2D eigenvalue weighted by Gasteiger charge is -2.05. The van der Waals surface area contributed by atoms with Gasteiger partial charge in [-0.1, -0.05) is 0 Å². The Morgan fingerprint density at radius 1 is 1.19 bits per heavy atom. The first kappa shape index (κ1) is 21.8. The van der Waals surface area contributed by atoms with Gasteiger partial charge >= 0.3 is 12.1 Å². The van der Waals surface area contributed by atoms with Crippen molar-refractivity contribution in [3.63, 3.8) is 0 Å². The molecule has 1 amide bonds. The Bertz CT molecular complexity index is 822. The predicted molar refractivity (Wildman–Crippen MR) is 88.1 cm³/mol. The van der Waals surface area contributed by atoms with Crippen LogP contribution in [0.4, 0.5) is 13.2 Å². The van der Waals surface area contributed by atoms with Gasteiger partial charge in [-0.05, 0) is 36.6 Å². The van der Waals surface area contributed by atoms with E-state index in [4.69, 9.17) is 9.90 Å². The highest BCUT2D eigenvalue weighted by Gasteiger charge is 2.38. The smallest absolute Gasteiger partial charge is 0.475 e. The Kier molecular flexibility index (Phi) is 8.11. The molecule has 0 saturated carbocycles. The molecule has 8 nitrogen and oxygen atoms in total. The zero-order chi connectivity index (χ0) is 20.4.